The topological polar surface area (TPSA) is 71.6 Å². The Hall–Kier alpha value is -2.28. The van der Waals surface area contributed by atoms with Gasteiger partial charge in [0.2, 0.25) is 6.10 Å². The quantitative estimate of drug-likeness (QED) is 0.438. The number of hydrazine groups is 1. The summed E-state index contributed by atoms with van der Waals surface area (Å²) in [5.41, 5.74) is 6.02. The summed E-state index contributed by atoms with van der Waals surface area (Å²) in [5, 5.41) is 3.20. The number of hydrogen-bond acceptors (Lipinski definition) is 4. The molecule has 112 valence electrons. The summed E-state index contributed by atoms with van der Waals surface area (Å²) in [6.07, 6.45) is -0.726. The number of benzene rings is 1. The maximum absolute atomic E-state index is 12.0. The van der Waals surface area contributed by atoms with E-state index >= 15 is 0 Å². The van der Waals surface area contributed by atoms with Crippen LogP contribution in [0.2, 0.25) is 0 Å². The van der Waals surface area contributed by atoms with E-state index in [1.807, 2.05) is 19.1 Å². The van der Waals surface area contributed by atoms with Gasteiger partial charge in [0, 0.05) is 6.54 Å². The summed E-state index contributed by atoms with van der Waals surface area (Å²) in [6.45, 7) is 6.31. The van der Waals surface area contributed by atoms with E-state index in [0.717, 1.165) is 5.57 Å². The van der Waals surface area contributed by atoms with E-state index < -0.39 is 6.10 Å². The van der Waals surface area contributed by atoms with E-state index in [1.54, 1.807) is 12.1 Å². The van der Waals surface area contributed by atoms with Gasteiger partial charge in [-0.05, 0) is 31.3 Å². The van der Waals surface area contributed by atoms with Crippen LogP contribution < -0.4 is 25.6 Å². The predicted molar refractivity (Wildman–Crippen MR) is 83.0 cm³/mol. The summed E-state index contributed by atoms with van der Waals surface area (Å²) in [4.78, 5) is 12.0. The fourth-order valence-electron chi connectivity index (χ4n) is 1.62. The fraction of sp³-hybridized carbons (Fsp3) is 0.286. The van der Waals surface area contributed by atoms with Crippen molar-refractivity contribution in [2.75, 3.05) is 13.2 Å². The van der Waals surface area contributed by atoms with Crippen molar-refractivity contribution in [3.05, 3.63) is 36.4 Å². The smallest absolute Gasteiger partial charge is 0.283 e. The molecule has 7 heteroatoms. The molecule has 6 nitrogen and oxygen atoms in total. The lowest BCUT2D eigenvalue weighted by molar-refractivity contribution is -0.130. The van der Waals surface area contributed by atoms with Crippen LogP contribution in [0.5, 0.6) is 11.5 Å². The van der Waals surface area contributed by atoms with Crippen LogP contribution in [0.4, 0.5) is 0 Å². The minimum absolute atomic E-state index is 0.149. The van der Waals surface area contributed by atoms with Crippen molar-refractivity contribution in [2.45, 2.75) is 13.0 Å². The largest absolute Gasteiger partial charge is 0.485 e. The Balaban J connectivity index is 1.80. The van der Waals surface area contributed by atoms with Gasteiger partial charge in [0.1, 0.15) is 6.61 Å². The molecule has 1 aromatic rings. The SMILES string of the molecule is C=C(C)CNC(=S)NNC(=O)C1COc2ccccc2O1. The molecule has 2 rings (SSSR count). The highest BCUT2D eigenvalue weighted by Crippen LogP contribution is 2.30. The molecule has 0 radical (unpaired) electrons. The van der Waals surface area contributed by atoms with Gasteiger partial charge >= 0.3 is 0 Å². The van der Waals surface area contributed by atoms with Gasteiger partial charge in [-0.15, -0.1) is 0 Å². The van der Waals surface area contributed by atoms with Gasteiger partial charge in [-0.3, -0.25) is 15.6 Å². The number of para-hydroxylation sites is 2. The first-order valence-corrected chi connectivity index (χ1v) is 6.83. The molecular formula is C14H17N3O3S. The molecule has 0 fully saturated rings. The van der Waals surface area contributed by atoms with Crippen LogP contribution in [0.15, 0.2) is 36.4 Å². The molecule has 0 aliphatic carbocycles. The van der Waals surface area contributed by atoms with Gasteiger partial charge in [0.05, 0.1) is 0 Å². The number of amides is 1. The van der Waals surface area contributed by atoms with E-state index in [4.69, 9.17) is 21.7 Å². The number of carbonyl (C=O) groups excluding carboxylic acids is 1. The highest BCUT2D eigenvalue weighted by Gasteiger charge is 2.27. The van der Waals surface area contributed by atoms with Gasteiger partial charge in [-0.25, -0.2) is 0 Å². The third kappa shape index (κ3) is 4.35. The Morgan fingerprint density at radius 3 is 2.81 bits per heavy atom. The number of thiocarbonyl (C=S) groups is 1. The third-order valence-corrected chi connectivity index (χ3v) is 2.90. The lowest BCUT2D eigenvalue weighted by Crippen LogP contribution is -2.53. The molecule has 1 aliphatic heterocycles. The number of hydrogen-bond donors (Lipinski definition) is 3. The van der Waals surface area contributed by atoms with E-state index in [-0.39, 0.29) is 12.5 Å². The zero-order valence-electron chi connectivity index (χ0n) is 11.6. The Labute approximate surface area is 128 Å². The van der Waals surface area contributed by atoms with Crippen molar-refractivity contribution in [2.24, 2.45) is 0 Å². The Bertz CT molecular complexity index is 562. The number of carbonyl (C=O) groups is 1. The second kappa shape index (κ2) is 6.94. The minimum Gasteiger partial charge on any atom is -0.485 e. The maximum atomic E-state index is 12.0. The Morgan fingerprint density at radius 1 is 1.38 bits per heavy atom. The number of rotatable bonds is 3. The van der Waals surface area contributed by atoms with Gasteiger partial charge in [-0.2, -0.15) is 0 Å². The van der Waals surface area contributed by atoms with Gasteiger partial charge in [0.15, 0.2) is 16.6 Å². The molecule has 0 bridgehead atoms. The summed E-state index contributed by atoms with van der Waals surface area (Å²) in [7, 11) is 0. The zero-order valence-corrected chi connectivity index (χ0v) is 12.5. The molecule has 1 heterocycles. The van der Waals surface area contributed by atoms with Crippen molar-refractivity contribution >= 4 is 23.2 Å². The first-order chi connectivity index (χ1) is 10.1. The molecule has 0 saturated heterocycles. The lowest BCUT2D eigenvalue weighted by Gasteiger charge is -2.25. The van der Waals surface area contributed by atoms with Crippen LogP contribution in [-0.2, 0) is 4.79 Å². The molecule has 3 N–H and O–H groups in total. The molecule has 1 atom stereocenters. The van der Waals surface area contributed by atoms with E-state index in [9.17, 15) is 4.79 Å². The Kier molecular flexibility index (Phi) is 4.99. The number of ether oxygens (including phenoxy) is 2. The van der Waals surface area contributed by atoms with Gasteiger partial charge < -0.3 is 14.8 Å². The van der Waals surface area contributed by atoms with E-state index in [1.165, 1.54) is 0 Å². The van der Waals surface area contributed by atoms with E-state index in [2.05, 4.69) is 22.7 Å². The standard InChI is InChI=1S/C14H17N3O3S/c1-9(2)7-15-14(21)17-16-13(18)12-8-19-10-5-3-4-6-11(10)20-12/h3-6,12H,1,7-8H2,2H3,(H,16,18)(H2,15,17,21). The normalized spacial score (nSPS) is 15.8. The van der Waals surface area contributed by atoms with Gasteiger partial charge in [-0.1, -0.05) is 24.3 Å². The lowest BCUT2D eigenvalue weighted by atomic mass is 10.2. The van der Waals surface area contributed by atoms with E-state index in [0.29, 0.717) is 23.2 Å². The molecule has 1 unspecified atom stereocenters. The number of fused-ring (bicyclic) bond motifs is 1. The molecular weight excluding hydrogens is 290 g/mol. The first-order valence-electron chi connectivity index (χ1n) is 6.43. The maximum Gasteiger partial charge on any atom is 0.283 e. The van der Waals surface area contributed by atoms with Crippen molar-refractivity contribution in [1.29, 1.82) is 0 Å². The molecule has 0 saturated carbocycles. The van der Waals surface area contributed by atoms with Crippen molar-refractivity contribution < 1.29 is 14.3 Å². The minimum atomic E-state index is -0.726. The highest BCUT2D eigenvalue weighted by molar-refractivity contribution is 7.80. The van der Waals surface area contributed by atoms with Crippen LogP contribution in [0.3, 0.4) is 0 Å². The first kappa shape index (κ1) is 15.1. The second-order valence-electron chi connectivity index (χ2n) is 4.62. The predicted octanol–water partition coefficient (Wildman–Crippen LogP) is 0.898. The van der Waals surface area contributed by atoms with Crippen molar-refractivity contribution in [3.8, 4) is 11.5 Å². The van der Waals surface area contributed by atoms with Crippen molar-refractivity contribution in [1.82, 2.24) is 16.2 Å². The molecule has 0 aromatic heterocycles. The average molecular weight is 307 g/mol. The van der Waals surface area contributed by atoms with Gasteiger partial charge in [0.25, 0.3) is 5.91 Å². The van der Waals surface area contributed by atoms with Crippen LogP contribution in [-0.4, -0.2) is 30.3 Å². The second-order valence-corrected chi connectivity index (χ2v) is 5.03. The third-order valence-electron chi connectivity index (χ3n) is 2.65. The Morgan fingerprint density at radius 2 is 2.10 bits per heavy atom. The molecule has 21 heavy (non-hydrogen) atoms. The molecule has 0 spiro atoms. The highest BCUT2D eigenvalue weighted by atomic mass is 32.1. The fourth-order valence-corrected chi connectivity index (χ4v) is 1.75. The number of nitrogens with one attached hydrogen (secondary N) is 3. The van der Waals surface area contributed by atoms with Crippen LogP contribution in [0.1, 0.15) is 6.92 Å². The zero-order chi connectivity index (χ0) is 15.2. The summed E-state index contributed by atoms with van der Waals surface area (Å²) in [5.74, 6) is 0.823. The molecule has 1 amide bonds. The molecule has 1 aromatic carbocycles. The molecule has 1 aliphatic rings. The monoisotopic (exact) mass is 307 g/mol. The average Bonchev–Trinajstić information content (AvgIpc) is 2.50. The summed E-state index contributed by atoms with van der Waals surface area (Å²) < 4.78 is 11.0. The summed E-state index contributed by atoms with van der Waals surface area (Å²) >= 11 is 5.01. The summed E-state index contributed by atoms with van der Waals surface area (Å²) in [6, 6.07) is 7.20. The van der Waals surface area contributed by atoms with Crippen LogP contribution in [0.25, 0.3) is 0 Å². The van der Waals surface area contributed by atoms with Crippen molar-refractivity contribution in [3.63, 3.8) is 0 Å². The van der Waals surface area contributed by atoms with Crippen LogP contribution in [0, 0.1) is 0 Å². The van der Waals surface area contributed by atoms with Crippen LogP contribution >= 0.6 is 12.2 Å².